The minimum absolute atomic E-state index is 0.161. The van der Waals surface area contributed by atoms with E-state index in [4.69, 9.17) is 11.6 Å². The number of halogens is 2. The Bertz CT molecular complexity index is 531. The predicted molar refractivity (Wildman–Crippen MR) is 77.2 cm³/mol. The first-order valence-electron chi connectivity index (χ1n) is 6.16. The molecule has 0 bridgehead atoms. The molecule has 1 aromatic heterocycles. The number of alkyl halides is 1. The smallest absolute Gasteiger partial charge is 0.170 e. The number of nitrogens with zero attached hydrogens (tertiary/aromatic N) is 2. The molecule has 0 saturated heterocycles. The van der Waals surface area contributed by atoms with Gasteiger partial charge in [0, 0.05) is 25.4 Å². The van der Waals surface area contributed by atoms with Crippen LogP contribution in [0.25, 0.3) is 0 Å². The minimum atomic E-state index is -0.326. The van der Waals surface area contributed by atoms with Gasteiger partial charge in [-0.2, -0.15) is 0 Å². The lowest BCUT2D eigenvalue weighted by molar-refractivity contribution is 0.604. The SMILES string of the molecule is CN(CCc1ccccc1)c1nccc(CCl)c1F. The largest absolute Gasteiger partial charge is 0.357 e. The molecule has 0 fully saturated rings. The van der Waals surface area contributed by atoms with Crippen molar-refractivity contribution in [3.8, 4) is 0 Å². The van der Waals surface area contributed by atoms with Gasteiger partial charge in [-0.3, -0.25) is 0 Å². The Kier molecular flexibility index (Phi) is 4.74. The third-order valence-electron chi connectivity index (χ3n) is 3.04. The monoisotopic (exact) mass is 278 g/mol. The highest BCUT2D eigenvalue weighted by atomic mass is 35.5. The van der Waals surface area contributed by atoms with Crippen molar-refractivity contribution in [1.29, 1.82) is 0 Å². The summed E-state index contributed by atoms with van der Waals surface area (Å²) in [7, 11) is 1.84. The van der Waals surface area contributed by atoms with Crippen LogP contribution in [-0.2, 0) is 12.3 Å². The summed E-state index contributed by atoms with van der Waals surface area (Å²) in [5.74, 6) is 0.190. The first-order valence-corrected chi connectivity index (χ1v) is 6.70. The van der Waals surface area contributed by atoms with Crippen molar-refractivity contribution >= 4 is 17.4 Å². The van der Waals surface area contributed by atoms with Gasteiger partial charge in [0.25, 0.3) is 0 Å². The number of benzene rings is 1. The van der Waals surface area contributed by atoms with E-state index in [1.54, 1.807) is 12.3 Å². The van der Waals surface area contributed by atoms with Gasteiger partial charge in [-0.1, -0.05) is 30.3 Å². The lowest BCUT2D eigenvalue weighted by Gasteiger charge is -2.19. The molecular formula is C15H16ClFN2. The Balaban J connectivity index is 2.06. The fourth-order valence-corrected chi connectivity index (χ4v) is 2.09. The number of aromatic nitrogens is 1. The number of likely N-dealkylation sites (N-methyl/N-ethyl adjacent to an activating group) is 1. The van der Waals surface area contributed by atoms with Gasteiger partial charge in [0.1, 0.15) is 0 Å². The molecule has 2 rings (SSSR count). The summed E-state index contributed by atoms with van der Waals surface area (Å²) in [6, 6.07) is 11.7. The molecule has 19 heavy (non-hydrogen) atoms. The molecule has 0 aliphatic heterocycles. The normalized spacial score (nSPS) is 10.5. The van der Waals surface area contributed by atoms with E-state index in [1.807, 2.05) is 30.1 Å². The van der Waals surface area contributed by atoms with E-state index in [1.165, 1.54) is 5.56 Å². The number of pyridine rings is 1. The van der Waals surface area contributed by atoms with Crippen molar-refractivity contribution in [2.45, 2.75) is 12.3 Å². The molecule has 2 aromatic rings. The van der Waals surface area contributed by atoms with Crippen LogP contribution in [0.1, 0.15) is 11.1 Å². The Morgan fingerprint density at radius 3 is 2.63 bits per heavy atom. The van der Waals surface area contributed by atoms with Crippen LogP contribution in [0.15, 0.2) is 42.6 Å². The lowest BCUT2D eigenvalue weighted by atomic mass is 10.1. The van der Waals surface area contributed by atoms with Crippen molar-refractivity contribution in [1.82, 2.24) is 4.98 Å². The molecule has 1 aromatic carbocycles. The maximum absolute atomic E-state index is 14.1. The number of hydrogen-bond donors (Lipinski definition) is 0. The first kappa shape index (κ1) is 13.8. The summed E-state index contributed by atoms with van der Waals surface area (Å²) in [6.07, 6.45) is 2.44. The van der Waals surface area contributed by atoms with E-state index in [-0.39, 0.29) is 11.7 Å². The highest BCUT2D eigenvalue weighted by Crippen LogP contribution is 2.19. The second-order valence-corrected chi connectivity index (χ2v) is 4.67. The zero-order valence-corrected chi connectivity index (χ0v) is 11.6. The average molecular weight is 279 g/mol. The van der Waals surface area contributed by atoms with E-state index in [2.05, 4.69) is 17.1 Å². The summed E-state index contributed by atoms with van der Waals surface area (Å²) in [6.45, 7) is 0.708. The summed E-state index contributed by atoms with van der Waals surface area (Å²) in [5.41, 5.74) is 1.71. The van der Waals surface area contributed by atoms with Crippen LogP contribution in [0.3, 0.4) is 0 Å². The zero-order valence-electron chi connectivity index (χ0n) is 10.8. The van der Waals surface area contributed by atoms with Gasteiger partial charge < -0.3 is 4.90 Å². The van der Waals surface area contributed by atoms with Gasteiger partial charge in [-0.05, 0) is 18.1 Å². The Morgan fingerprint density at radius 1 is 1.21 bits per heavy atom. The molecule has 2 nitrogen and oxygen atoms in total. The maximum Gasteiger partial charge on any atom is 0.170 e. The fourth-order valence-electron chi connectivity index (χ4n) is 1.89. The molecule has 0 aliphatic rings. The van der Waals surface area contributed by atoms with E-state index in [0.29, 0.717) is 17.9 Å². The van der Waals surface area contributed by atoms with Gasteiger partial charge in [0.2, 0.25) is 0 Å². The first-order chi connectivity index (χ1) is 9.22. The fraction of sp³-hybridized carbons (Fsp3) is 0.267. The van der Waals surface area contributed by atoms with Crippen LogP contribution < -0.4 is 4.90 Å². The molecule has 1 heterocycles. The standard InChI is InChI=1S/C15H16ClFN2/c1-19(10-8-12-5-3-2-4-6-12)15-14(17)13(11-16)7-9-18-15/h2-7,9H,8,10-11H2,1H3. The Morgan fingerprint density at radius 2 is 1.95 bits per heavy atom. The quantitative estimate of drug-likeness (QED) is 0.777. The molecular weight excluding hydrogens is 263 g/mol. The van der Waals surface area contributed by atoms with Crippen LogP contribution in [0.2, 0.25) is 0 Å². The van der Waals surface area contributed by atoms with Crippen LogP contribution >= 0.6 is 11.6 Å². The summed E-state index contributed by atoms with van der Waals surface area (Å²) < 4.78 is 14.1. The van der Waals surface area contributed by atoms with E-state index in [9.17, 15) is 4.39 Å². The van der Waals surface area contributed by atoms with Crippen LogP contribution in [0.4, 0.5) is 10.2 Å². The second-order valence-electron chi connectivity index (χ2n) is 4.40. The molecule has 0 spiro atoms. The average Bonchev–Trinajstić information content (AvgIpc) is 2.46. The van der Waals surface area contributed by atoms with Gasteiger partial charge in [-0.25, -0.2) is 9.37 Å². The van der Waals surface area contributed by atoms with Crippen LogP contribution in [-0.4, -0.2) is 18.6 Å². The van der Waals surface area contributed by atoms with Crippen molar-refractivity contribution < 1.29 is 4.39 Å². The van der Waals surface area contributed by atoms with E-state index in [0.717, 1.165) is 6.42 Å². The third kappa shape index (κ3) is 3.44. The minimum Gasteiger partial charge on any atom is -0.357 e. The van der Waals surface area contributed by atoms with Crippen molar-refractivity contribution in [2.24, 2.45) is 0 Å². The molecule has 100 valence electrons. The molecule has 0 aliphatic carbocycles. The van der Waals surface area contributed by atoms with Gasteiger partial charge in [-0.15, -0.1) is 11.6 Å². The molecule has 0 radical (unpaired) electrons. The Labute approximate surface area is 117 Å². The topological polar surface area (TPSA) is 16.1 Å². The van der Waals surface area contributed by atoms with Gasteiger partial charge in [0.05, 0.1) is 5.88 Å². The second kappa shape index (κ2) is 6.53. The van der Waals surface area contributed by atoms with Crippen molar-refractivity contribution in [3.63, 3.8) is 0 Å². The van der Waals surface area contributed by atoms with Crippen LogP contribution in [0, 0.1) is 5.82 Å². The molecule has 0 unspecified atom stereocenters. The molecule has 0 N–H and O–H groups in total. The van der Waals surface area contributed by atoms with Gasteiger partial charge >= 0.3 is 0 Å². The molecule has 4 heteroatoms. The molecule has 0 atom stereocenters. The van der Waals surface area contributed by atoms with E-state index < -0.39 is 0 Å². The van der Waals surface area contributed by atoms with Gasteiger partial charge in [0.15, 0.2) is 11.6 Å². The molecule has 0 amide bonds. The van der Waals surface area contributed by atoms with Crippen LogP contribution in [0.5, 0.6) is 0 Å². The highest BCUT2D eigenvalue weighted by Gasteiger charge is 2.12. The molecule has 0 saturated carbocycles. The summed E-state index contributed by atoms with van der Waals surface area (Å²) >= 11 is 5.70. The zero-order chi connectivity index (χ0) is 13.7. The highest BCUT2D eigenvalue weighted by molar-refractivity contribution is 6.17. The lowest BCUT2D eigenvalue weighted by Crippen LogP contribution is -2.23. The summed E-state index contributed by atoms with van der Waals surface area (Å²) in [4.78, 5) is 5.91. The number of anilines is 1. The van der Waals surface area contributed by atoms with Crippen molar-refractivity contribution in [2.75, 3.05) is 18.5 Å². The Hall–Kier alpha value is -1.61. The summed E-state index contributed by atoms with van der Waals surface area (Å²) in [5, 5.41) is 0. The van der Waals surface area contributed by atoms with Crippen molar-refractivity contribution in [3.05, 3.63) is 59.5 Å². The van der Waals surface area contributed by atoms with E-state index >= 15 is 0 Å². The number of hydrogen-bond acceptors (Lipinski definition) is 2. The predicted octanol–water partition coefficient (Wildman–Crippen LogP) is 3.64. The maximum atomic E-state index is 14.1. The third-order valence-corrected chi connectivity index (χ3v) is 3.32. The number of rotatable bonds is 5.